The van der Waals surface area contributed by atoms with Crippen LogP contribution in [-0.2, 0) is 0 Å². The minimum atomic E-state index is -0.195. The predicted octanol–water partition coefficient (Wildman–Crippen LogP) is 2.81. The van der Waals surface area contributed by atoms with Gasteiger partial charge in [-0.15, -0.1) is 0 Å². The third-order valence-corrected chi connectivity index (χ3v) is 5.38. The van der Waals surface area contributed by atoms with E-state index in [0.717, 1.165) is 31.4 Å². The van der Waals surface area contributed by atoms with Gasteiger partial charge in [-0.2, -0.15) is 0 Å². The van der Waals surface area contributed by atoms with E-state index in [1.807, 2.05) is 23.1 Å². The van der Waals surface area contributed by atoms with Crippen molar-refractivity contribution in [2.24, 2.45) is 0 Å². The van der Waals surface area contributed by atoms with Gasteiger partial charge >= 0.3 is 0 Å². The summed E-state index contributed by atoms with van der Waals surface area (Å²) in [5.74, 6) is -0.0398. The first-order valence-corrected chi connectivity index (χ1v) is 8.35. The van der Waals surface area contributed by atoms with Gasteiger partial charge in [0, 0.05) is 13.1 Å². The number of likely N-dealkylation sites (tertiary alicyclic amines) is 1. The lowest BCUT2D eigenvalue weighted by Gasteiger charge is -2.13. The van der Waals surface area contributed by atoms with Crippen molar-refractivity contribution in [3.8, 4) is 0 Å². The maximum atomic E-state index is 12.7. The van der Waals surface area contributed by atoms with Crippen molar-refractivity contribution in [3.05, 3.63) is 43.5 Å². The Labute approximate surface area is 134 Å². The van der Waals surface area contributed by atoms with Crippen LogP contribution in [0.25, 0.3) is 16.6 Å². The maximum absolute atomic E-state index is 12.7. The van der Waals surface area contributed by atoms with Gasteiger partial charge in [-0.05, 0) is 37.2 Å². The van der Waals surface area contributed by atoms with Gasteiger partial charge in [0.1, 0.15) is 10.5 Å². The molecule has 112 valence electrons. The number of para-hydroxylation sites is 1. The lowest BCUT2D eigenvalue weighted by Crippen LogP contribution is -2.27. The number of nitrogens with one attached hydrogen (secondary N) is 1. The van der Waals surface area contributed by atoms with Crippen molar-refractivity contribution in [2.45, 2.75) is 12.8 Å². The summed E-state index contributed by atoms with van der Waals surface area (Å²) in [4.78, 5) is 30.1. The molecule has 0 atom stereocenters. The summed E-state index contributed by atoms with van der Waals surface area (Å²) in [6, 6.07) is 7.29. The zero-order valence-electron chi connectivity index (χ0n) is 11.7. The second-order valence-corrected chi connectivity index (χ2v) is 7.00. The molecule has 2 aromatic heterocycles. The highest BCUT2D eigenvalue weighted by Gasteiger charge is 2.24. The molecule has 0 bridgehead atoms. The minimum Gasteiger partial charge on any atom is -0.338 e. The van der Waals surface area contributed by atoms with Crippen LogP contribution in [0.4, 0.5) is 0 Å². The van der Waals surface area contributed by atoms with E-state index in [1.54, 1.807) is 10.5 Å². The molecule has 3 heterocycles. The van der Waals surface area contributed by atoms with Crippen LogP contribution >= 0.6 is 23.6 Å². The van der Waals surface area contributed by atoms with Gasteiger partial charge in [0.05, 0.1) is 10.9 Å². The van der Waals surface area contributed by atoms with Gasteiger partial charge in [0.15, 0.2) is 3.95 Å². The number of carbonyl (C=O) groups is 1. The molecule has 1 N–H and O–H groups in total. The van der Waals surface area contributed by atoms with Crippen LogP contribution in [0.3, 0.4) is 0 Å². The van der Waals surface area contributed by atoms with E-state index in [9.17, 15) is 9.59 Å². The van der Waals surface area contributed by atoms with Crippen molar-refractivity contribution in [2.75, 3.05) is 13.1 Å². The number of fused-ring (bicyclic) bond motifs is 3. The predicted molar refractivity (Wildman–Crippen MR) is 89.4 cm³/mol. The number of hydrogen-bond acceptors (Lipinski definition) is 4. The van der Waals surface area contributed by atoms with Gasteiger partial charge < -0.3 is 9.88 Å². The number of aromatic nitrogens is 2. The summed E-state index contributed by atoms with van der Waals surface area (Å²) in [6.07, 6.45) is 2.06. The number of rotatable bonds is 1. The minimum absolute atomic E-state index is 0.0398. The van der Waals surface area contributed by atoms with E-state index in [-0.39, 0.29) is 11.5 Å². The number of H-pyrrole nitrogens is 1. The maximum Gasteiger partial charge on any atom is 0.267 e. The molecule has 5 nitrogen and oxygen atoms in total. The smallest absolute Gasteiger partial charge is 0.267 e. The highest BCUT2D eigenvalue weighted by atomic mass is 32.1. The Morgan fingerprint density at radius 2 is 1.95 bits per heavy atom. The van der Waals surface area contributed by atoms with Gasteiger partial charge in [0.2, 0.25) is 0 Å². The van der Waals surface area contributed by atoms with E-state index in [4.69, 9.17) is 12.2 Å². The summed E-state index contributed by atoms with van der Waals surface area (Å²) in [5.41, 5.74) is 1.05. The Bertz CT molecular complexity index is 1010. The average molecular weight is 331 g/mol. The molecule has 0 spiro atoms. The molecule has 1 fully saturated rings. The fourth-order valence-electron chi connectivity index (χ4n) is 2.95. The fraction of sp³-hybridized carbons (Fsp3) is 0.267. The number of amides is 1. The van der Waals surface area contributed by atoms with E-state index in [1.165, 1.54) is 11.3 Å². The molecule has 1 aliphatic rings. The number of carbonyl (C=O) groups excluding carboxylic acids is 1. The summed E-state index contributed by atoms with van der Waals surface area (Å²) in [5, 5.41) is 0.573. The molecule has 1 aliphatic heterocycles. The van der Waals surface area contributed by atoms with Crippen molar-refractivity contribution in [1.29, 1.82) is 0 Å². The Balaban J connectivity index is 2.04. The molecule has 4 rings (SSSR count). The zero-order valence-corrected chi connectivity index (χ0v) is 13.3. The fourth-order valence-corrected chi connectivity index (χ4v) is 4.30. The number of thiazole rings is 1. The van der Waals surface area contributed by atoms with Crippen LogP contribution in [-0.4, -0.2) is 33.3 Å². The standard InChI is InChI=1S/C15H13N3O2S2/c19-13-9-5-1-2-6-10(9)18-12(16-13)11(22-15(18)21)14(20)17-7-3-4-8-17/h1-2,5-6H,3-4,7-8H2,(H,16,19). The van der Waals surface area contributed by atoms with Gasteiger partial charge in [-0.25, -0.2) is 0 Å². The lowest BCUT2D eigenvalue weighted by molar-refractivity contribution is 0.0799. The highest BCUT2D eigenvalue weighted by Crippen LogP contribution is 2.25. The monoisotopic (exact) mass is 331 g/mol. The Morgan fingerprint density at radius 1 is 1.23 bits per heavy atom. The third kappa shape index (κ3) is 1.93. The molecule has 1 amide bonds. The number of benzene rings is 1. The van der Waals surface area contributed by atoms with Crippen molar-refractivity contribution >= 4 is 46.0 Å². The second-order valence-electron chi connectivity index (χ2n) is 5.35. The zero-order chi connectivity index (χ0) is 15.3. The summed E-state index contributed by atoms with van der Waals surface area (Å²) < 4.78 is 2.37. The van der Waals surface area contributed by atoms with Crippen LogP contribution in [0, 0.1) is 3.95 Å². The average Bonchev–Trinajstić information content (AvgIpc) is 3.15. The SMILES string of the molecule is O=C(c1sc(=S)n2c1[nH]c(=O)c1ccccc12)N1CCCC1. The molecule has 22 heavy (non-hydrogen) atoms. The summed E-state index contributed by atoms with van der Waals surface area (Å²) in [6.45, 7) is 1.54. The molecular weight excluding hydrogens is 318 g/mol. The first kappa shape index (κ1) is 13.7. The lowest BCUT2D eigenvalue weighted by atomic mass is 10.2. The van der Waals surface area contributed by atoms with Crippen LogP contribution in [0.5, 0.6) is 0 Å². The molecule has 0 unspecified atom stereocenters. The number of nitrogens with zero attached hydrogens (tertiary/aromatic N) is 2. The van der Waals surface area contributed by atoms with Crippen molar-refractivity contribution < 1.29 is 4.79 Å². The molecular formula is C15H13N3O2S2. The van der Waals surface area contributed by atoms with E-state index < -0.39 is 0 Å². The molecule has 1 aromatic carbocycles. The van der Waals surface area contributed by atoms with Crippen LogP contribution in [0.2, 0.25) is 0 Å². The highest BCUT2D eigenvalue weighted by molar-refractivity contribution is 7.73. The van der Waals surface area contributed by atoms with Crippen LogP contribution in [0.1, 0.15) is 22.5 Å². The molecule has 0 saturated carbocycles. The van der Waals surface area contributed by atoms with Crippen molar-refractivity contribution in [3.63, 3.8) is 0 Å². The van der Waals surface area contributed by atoms with Crippen molar-refractivity contribution in [1.82, 2.24) is 14.3 Å². The molecule has 1 saturated heterocycles. The molecule has 0 aliphatic carbocycles. The normalized spacial score (nSPS) is 15.0. The topological polar surface area (TPSA) is 57.6 Å². The van der Waals surface area contributed by atoms with E-state index in [2.05, 4.69) is 4.98 Å². The second kappa shape index (κ2) is 5.03. The Morgan fingerprint density at radius 3 is 2.73 bits per heavy atom. The number of aromatic amines is 1. The van der Waals surface area contributed by atoms with Gasteiger partial charge in [-0.3, -0.25) is 14.0 Å². The Hall–Kier alpha value is -1.99. The van der Waals surface area contributed by atoms with Crippen LogP contribution < -0.4 is 5.56 Å². The molecule has 3 aromatic rings. The quantitative estimate of drug-likeness (QED) is 0.698. The Kier molecular flexibility index (Phi) is 3.12. The number of hydrogen-bond donors (Lipinski definition) is 1. The molecule has 0 radical (unpaired) electrons. The summed E-state index contributed by atoms with van der Waals surface area (Å²) >= 11 is 6.69. The first-order valence-electron chi connectivity index (χ1n) is 7.12. The van der Waals surface area contributed by atoms with Crippen LogP contribution in [0.15, 0.2) is 29.1 Å². The van der Waals surface area contributed by atoms with E-state index in [0.29, 0.717) is 19.9 Å². The first-order chi connectivity index (χ1) is 10.7. The van der Waals surface area contributed by atoms with Gasteiger partial charge in [-0.1, -0.05) is 23.5 Å². The van der Waals surface area contributed by atoms with Gasteiger partial charge in [0.25, 0.3) is 11.5 Å². The molecule has 7 heteroatoms. The van der Waals surface area contributed by atoms with E-state index >= 15 is 0 Å². The largest absolute Gasteiger partial charge is 0.338 e. The third-order valence-electron chi connectivity index (χ3n) is 4.02. The summed E-state index contributed by atoms with van der Waals surface area (Å²) in [7, 11) is 0.